The van der Waals surface area contributed by atoms with Crippen LogP contribution in [0.5, 0.6) is 0 Å². The number of amides is 1. The average Bonchev–Trinajstić information content (AvgIpc) is 3.05. The van der Waals surface area contributed by atoms with E-state index in [4.69, 9.17) is 4.74 Å². The first-order valence-electron chi connectivity index (χ1n) is 7.02. The first-order valence-corrected chi connectivity index (χ1v) is 7.84. The molecule has 2 aliphatic heterocycles. The molecule has 1 amide bonds. The molecule has 2 aromatic heterocycles. The van der Waals surface area contributed by atoms with Gasteiger partial charge in [0.25, 0.3) is 0 Å². The summed E-state index contributed by atoms with van der Waals surface area (Å²) in [6.07, 6.45) is 2.53. The van der Waals surface area contributed by atoms with Crippen LogP contribution in [0.25, 0.3) is 10.2 Å². The maximum atomic E-state index is 11.3. The lowest BCUT2D eigenvalue weighted by Crippen LogP contribution is -2.53. The van der Waals surface area contributed by atoms with Crippen molar-refractivity contribution in [2.24, 2.45) is 0 Å². The van der Waals surface area contributed by atoms with Crippen LogP contribution in [-0.4, -0.2) is 47.7 Å². The van der Waals surface area contributed by atoms with Gasteiger partial charge in [-0.15, -0.1) is 11.3 Å². The van der Waals surface area contributed by atoms with Gasteiger partial charge >= 0.3 is 0 Å². The summed E-state index contributed by atoms with van der Waals surface area (Å²) in [6.45, 7) is 4.47. The molecule has 0 radical (unpaired) electrons. The van der Waals surface area contributed by atoms with Crippen molar-refractivity contribution in [3.05, 3.63) is 17.3 Å². The van der Waals surface area contributed by atoms with Crippen LogP contribution in [0.2, 0.25) is 0 Å². The zero-order valence-corrected chi connectivity index (χ0v) is 12.6. The number of nitrogens with one attached hydrogen (secondary N) is 1. The number of carbonyl (C=O) groups is 1. The van der Waals surface area contributed by atoms with E-state index in [1.54, 1.807) is 17.7 Å². The molecule has 0 aliphatic carbocycles. The summed E-state index contributed by atoms with van der Waals surface area (Å²) < 4.78 is 5.81. The summed E-state index contributed by atoms with van der Waals surface area (Å²) in [4.78, 5) is 24.6. The van der Waals surface area contributed by atoms with Gasteiger partial charge in [0.1, 0.15) is 29.2 Å². The van der Waals surface area contributed by atoms with E-state index in [1.165, 1.54) is 4.88 Å². The predicted molar refractivity (Wildman–Crippen MR) is 80.7 cm³/mol. The number of rotatable bonds is 1. The highest BCUT2D eigenvalue weighted by molar-refractivity contribution is 7.18. The Hall–Kier alpha value is -1.73. The van der Waals surface area contributed by atoms with Gasteiger partial charge in [-0.25, -0.2) is 9.97 Å². The van der Waals surface area contributed by atoms with E-state index in [1.807, 2.05) is 0 Å². The first kappa shape index (κ1) is 13.0. The van der Waals surface area contributed by atoms with Gasteiger partial charge in [0.2, 0.25) is 5.91 Å². The lowest BCUT2D eigenvalue weighted by Gasteiger charge is -2.33. The Morgan fingerprint density at radius 3 is 3.19 bits per heavy atom. The van der Waals surface area contributed by atoms with Gasteiger partial charge in [0.15, 0.2) is 0 Å². The van der Waals surface area contributed by atoms with Crippen LogP contribution in [0.4, 0.5) is 5.82 Å². The Morgan fingerprint density at radius 2 is 2.38 bits per heavy atom. The van der Waals surface area contributed by atoms with Gasteiger partial charge in [-0.3, -0.25) is 4.79 Å². The highest BCUT2D eigenvalue weighted by Gasteiger charge is 2.43. The fourth-order valence-electron chi connectivity index (χ4n) is 3.08. The maximum absolute atomic E-state index is 11.3. The summed E-state index contributed by atoms with van der Waals surface area (Å²) in [5, 5.41) is 4.02. The Morgan fingerprint density at radius 1 is 1.48 bits per heavy atom. The van der Waals surface area contributed by atoms with Gasteiger partial charge < -0.3 is 15.0 Å². The van der Waals surface area contributed by atoms with Crippen LogP contribution < -0.4 is 10.2 Å². The standard InChI is InChI=1S/C14H16N4O2S/c1-9-4-10-12(16-8-17-13(10)21-9)18-3-2-14(7-18)6-15-11(19)5-20-14/h4,8H,2-3,5-7H2,1H3,(H,15,19). The monoisotopic (exact) mass is 304 g/mol. The van der Waals surface area contributed by atoms with Gasteiger partial charge in [-0.1, -0.05) is 0 Å². The minimum Gasteiger partial charge on any atom is -0.361 e. The van der Waals surface area contributed by atoms with E-state index in [2.05, 4.69) is 33.2 Å². The van der Waals surface area contributed by atoms with Crippen molar-refractivity contribution in [2.75, 3.05) is 31.1 Å². The Labute approximate surface area is 126 Å². The van der Waals surface area contributed by atoms with Gasteiger partial charge in [0, 0.05) is 18.0 Å². The largest absolute Gasteiger partial charge is 0.361 e. The van der Waals surface area contributed by atoms with Gasteiger partial charge in [-0.05, 0) is 19.4 Å². The summed E-state index contributed by atoms with van der Waals surface area (Å²) in [5.41, 5.74) is -0.268. The molecule has 1 spiro atoms. The molecule has 6 nitrogen and oxygen atoms in total. The minimum absolute atomic E-state index is 0.0306. The van der Waals surface area contributed by atoms with E-state index < -0.39 is 0 Å². The molecule has 0 saturated carbocycles. The third-order valence-corrected chi connectivity index (χ3v) is 5.12. The number of aryl methyl sites for hydroxylation is 1. The molecule has 4 rings (SSSR count). The second kappa shape index (κ2) is 4.64. The molecular formula is C14H16N4O2S. The third kappa shape index (κ3) is 2.16. The van der Waals surface area contributed by atoms with E-state index in [0.29, 0.717) is 6.54 Å². The van der Waals surface area contributed by atoms with Crippen molar-refractivity contribution in [1.82, 2.24) is 15.3 Å². The maximum Gasteiger partial charge on any atom is 0.246 e. The number of thiophene rings is 1. The number of nitrogens with zero attached hydrogens (tertiary/aromatic N) is 3. The molecule has 2 saturated heterocycles. The summed E-state index contributed by atoms with van der Waals surface area (Å²) >= 11 is 1.69. The molecule has 2 fully saturated rings. The molecule has 21 heavy (non-hydrogen) atoms. The first-order chi connectivity index (χ1) is 10.2. The highest BCUT2D eigenvalue weighted by Crippen LogP contribution is 2.35. The smallest absolute Gasteiger partial charge is 0.246 e. The zero-order chi connectivity index (χ0) is 14.4. The lowest BCUT2D eigenvalue weighted by molar-refractivity contribution is -0.141. The molecule has 1 N–H and O–H groups in total. The number of anilines is 1. The van der Waals surface area contributed by atoms with Crippen molar-refractivity contribution in [3.8, 4) is 0 Å². The zero-order valence-electron chi connectivity index (χ0n) is 11.8. The van der Waals surface area contributed by atoms with Crippen LogP contribution in [-0.2, 0) is 9.53 Å². The van der Waals surface area contributed by atoms with Crippen LogP contribution in [0.3, 0.4) is 0 Å². The van der Waals surface area contributed by atoms with Crippen molar-refractivity contribution in [3.63, 3.8) is 0 Å². The molecule has 2 aromatic rings. The van der Waals surface area contributed by atoms with Crippen molar-refractivity contribution < 1.29 is 9.53 Å². The van der Waals surface area contributed by atoms with Crippen LogP contribution in [0, 0.1) is 6.92 Å². The Balaban J connectivity index is 1.64. The van der Waals surface area contributed by atoms with Crippen LogP contribution >= 0.6 is 11.3 Å². The third-order valence-electron chi connectivity index (χ3n) is 4.16. The fraction of sp³-hybridized carbons (Fsp3) is 0.500. The summed E-state index contributed by atoms with van der Waals surface area (Å²) in [7, 11) is 0. The molecule has 0 bridgehead atoms. The second-order valence-corrected chi connectivity index (χ2v) is 6.93. The fourth-order valence-corrected chi connectivity index (χ4v) is 3.93. The predicted octanol–water partition coefficient (Wildman–Crippen LogP) is 1.10. The molecule has 110 valence electrons. The van der Waals surface area contributed by atoms with E-state index in [0.717, 1.165) is 35.5 Å². The van der Waals surface area contributed by atoms with Crippen molar-refractivity contribution in [1.29, 1.82) is 0 Å². The van der Waals surface area contributed by atoms with E-state index >= 15 is 0 Å². The molecule has 7 heteroatoms. The SMILES string of the molecule is Cc1cc2c(N3CCC4(CNC(=O)CO4)C3)ncnc2s1. The molecule has 0 aromatic carbocycles. The Kier molecular flexibility index (Phi) is 2.87. The van der Waals surface area contributed by atoms with Gasteiger partial charge in [0.05, 0.1) is 11.9 Å². The number of ether oxygens (including phenoxy) is 1. The average molecular weight is 304 g/mol. The molecule has 2 aliphatic rings. The molecule has 1 atom stereocenters. The number of carbonyl (C=O) groups excluding carboxylic acids is 1. The normalized spacial score (nSPS) is 25.8. The Bertz CT molecular complexity index is 704. The number of aromatic nitrogens is 2. The van der Waals surface area contributed by atoms with Crippen molar-refractivity contribution >= 4 is 33.3 Å². The minimum atomic E-state index is -0.268. The molecule has 1 unspecified atom stereocenters. The number of hydrogen-bond donors (Lipinski definition) is 1. The van der Waals surface area contributed by atoms with Crippen LogP contribution in [0.1, 0.15) is 11.3 Å². The van der Waals surface area contributed by atoms with E-state index in [-0.39, 0.29) is 18.1 Å². The highest BCUT2D eigenvalue weighted by atomic mass is 32.1. The van der Waals surface area contributed by atoms with Gasteiger partial charge in [-0.2, -0.15) is 0 Å². The summed E-state index contributed by atoms with van der Waals surface area (Å²) in [5.74, 6) is 0.943. The lowest BCUT2D eigenvalue weighted by atomic mass is 10.0. The molecular weight excluding hydrogens is 288 g/mol. The number of fused-ring (bicyclic) bond motifs is 1. The number of morpholine rings is 1. The topological polar surface area (TPSA) is 67.4 Å². The van der Waals surface area contributed by atoms with Crippen molar-refractivity contribution in [2.45, 2.75) is 18.9 Å². The quantitative estimate of drug-likeness (QED) is 0.854. The summed E-state index contributed by atoms with van der Waals surface area (Å²) in [6, 6.07) is 2.14. The molecule has 4 heterocycles. The second-order valence-electron chi connectivity index (χ2n) is 5.69. The van der Waals surface area contributed by atoms with E-state index in [9.17, 15) is 4.79 Å². The van der Waals surface area contributed by atoms with Crippen LogP contribution in [0.15, 0.2) is 12.4 Å². The number of hydrogen-bond acceptors (Lipinski definition) is 6.